The average molecular weight is 1180 g/mol. The molecule has 10 rings (SSSR count). The van der Waals surface area contributed by atoms with Crippen LogP contribution in [-0.4, -0.2) is 170 Å². The lowest BCUT2D eigenvalue weighted by atomic mass is 9.44. The third-order valence-corrected chi connectivity index (χ3v) is 24.7. The zero-order valence-electron chi connectivity index (χ0n) is 50.1. The second-order valence-electron chi connectivity index (χ2n) is 25.1. The number of hydrogen-bond donors (Lipinski definition) is 1. The molecule has 5 heterocycles. The molecule has 21 heteroatoms. The second-order valence-corrected chi connectivity index (χ2v) is 29.8. The van der Waals surface area contributed by atoms with Gasteiger partial charge in [-0.2, -0.15) is 0 Å². The summed E-state index contributed by atoms with van der Waals surface area (Å²) in [5, 5.41) is 14.6. The van der Waals surface area contributed by atoms with E-state index in [1.807, 2.05) is 30.3 Å². The molecule has 7 aliphatic rings. The fourth-order valence-corrected chi connectivity index (χ4v) is 18.0. The Kier molecular flexibility index (Phi) is 17.3. The summed E-state index contributed by atoms with van der Waals surface area (Å²) < 4.78 is 64.3. The summed E-state index contributed by atoms with van der Waals surface area (Å²) in [5.41, 5.74) is -7.47. The predicted molar refractivity (Wildman–Crippen MR) is 305 cm³/mol. The van der Waals surface area contributed by atoms with E-state index in [0.29, 0.717) is 62.8 Å². The van der Waals surface area contributed by atoms with Crippen molar-refractivity contribution in [1.82, 2.24) is 14.7 Å². The van der Waals surface area contributed by atoms with E-state index in [-0.39, 0.29) is 42.4 Å². The smallest absolute Gasteiger partial charge is 0.413 e. The number of nitrogens with zero attached hydrogens (tertiary/aromatic N) is 3. The minimum atomic E-state index is -2.71. The average Bonchev–Trinajstić information content (AvgIpc) is 0.821. The fourth-order valence-electron chi connectivity index (χ4n) is 15.0. The van der Waals surface area contributed by atoms with E-state index in [2.05, 4.69) is 25.7 Å². The lowest BCUT2D eigenvalue weighted by Crippen LogP contribution is -2.82. The monoisotopic (exact) mass is 1180 g/mol. The number of morpholine rings is 1. The SMILES string of the molecule is CC[Si](CC)(CC)O[C@H]1C[C@H]2OC[C@@]2(OC(C)=O)C2[C@H](OC(=O)c3ccccc3)[C@]3(O)C[C@H](OC(=O)[C@@H]4OC(C)(C)N(C(=O)OCc5ccccc5)[C@H]4c4ccoc4)C(C)=C([C@@H](OC(=O)N4CCC(N5CCOCC5)CC4)C(=O)[C@@]21C)C3(C)C. The normalized spacial score (nSPS) is 32.2. The second kappa shape index (κ2) is 23.7. The van der Waals surface area contributed by atoms with Crippen molar-refractivity contribution in [1.29, 1.82) is 0 Å². The van der Waals surface area contributed by atoms with Crippen LogP contribution >= 0.6 is 0 Å². The molecule has 2 amide bonds. The Morgan fingerprint density at radius 2 is 1.48 bits per heavy atom. The van der Waals surface area contributed by atoms with Crippen LogP contribution in [0.15, 0.2) is 94.8 Å². The van der Waals surface area contributed by atoms with Gasteiger partial charge in [-0.3, -0.25) is 19.4 Å². The minimum Gasteiger partial charge on any atom is -0.472 e. The van der Waals surface area contributed by atoms with Gasteiger partial charge in [-0.05, 0) is 93.6 Å². The van der Waals surface area contributed by atoms with E-state index in [0.717, 1.165) is 18.7 Å². The topological polar surface area (TPSA) is 229 Å². The number of hydrogen-bond acceptors (Lipinski definition) is 18. The Morgan fingerprint density at radius 1 is 0.821 bits per heavy atom. The first-order chi connectivity index (χ1) is 40.0. The van der Waals surface area contributed by atoms with Gasteiger partial charge in [0.2, 0.25) is 0 Å². The molecule has 1 N–H and O–H groups in total. The molecule has 3 aromatic rings. The van der Waals surface area contributed by atoms with Gasteiger partial charge in [-0.25, -0.2) is 19.2 Å². The standard InChI is InChI=1S/C63H83N3O17Si/c1-11-84(12-2,13-3)83-46-34-47-62(38-77-47,81-40(5)67)52-54(80-55(69)42-22-18-15-19-23-42)63(73)35-45(78-56(70)51-49(43-26-31-75-37-43)66(60(8,9)82-51)58(72)76-36-41-20-16-14-17-21-41)39(4)48(59(63,6)7)50(53(68)61(46,52)10)79-57(71)65-27-24-44(25-28-65)64-29-32-74-33-30-64/h14-23,26,31,37,44-47,49-52,54,73H,11-13,24-25,27-30,32-36,38H2,1-10H3/t45-,46-,47+,49-,50+,51+,52?,54-,61+,62-,63+/m0/s1. The minimum absolute atomic E-state index is 0.0717. The zero-order valence-corrected chi connectivity index (χ0v) is 51.1. The number of ketones is 1. The number of rotatable bonds is 15. The molecule has 6 fully saturated rings. The van der Waals surface area contributed by atoms with Crippen LogP contribution in [-0.2, 0) is 63.3 Å². The number of ether oxygens (including phenoxy) is 8. The quantitative estimate of drug-likeness (QED) is 0.0649. The van der Waals surface area contributed by atoms with Gasteiger partial charge in [0.1, 0.15) is 42.3 Å². The number of amides is 2. The largest absolute Gasteiger partial charge is 0.472 e. The van der Waals surface area contributed by atoms with Crippen molar-refractivity contribution >= 4 is 44.2 Å². The fraction of sp³-hybridized carbons (Fsp3) is 0.619. The highest BCUT2D eigenvalue weighted by atomic mass is 28.4. The molecule has 0 spiro atoms. The number of carbonyl (C=O) groups excluding carboxylic acids is 6. The molecule has 456 valence electrons. The number of furan rings is 1. The first-order valence-electron chi connectivity index (χ1n) is 29.9. The first kappa shape index (κ1) is 61.2. The molecule has 20 nitrogen and oxygen atoms in total. The summed E-state index contributed by atoms with van der Waals surface area (Å²) in [6.07, 6.45) is -6.30. The van der Waals surface area contributed by atoms with Crippen LogP contribution in [0.4, 0.5) is 9.59 Å². The van der Waals surface area contributed by atoms with Gasteiger partial charge in [-0.1, -0.05) is 83.1 Å². The number of fused-ring (bicyclic) bond motifs is 5. The molecule has 3 aliphatic carbocycles. The van der Waals surface area contributed by atoms with Gasteiger partial charge in [-0.15, -0.1) is 0 Å². The predicted octanol–water partition coefficient (Wildman–Crippen LogP) is 8.71. The zero-order chi connectivity index (χ0) is 60.1. The van der Waals surface area contributed by atoms with Crippen LogP contribution in [0.5, 0.6) is 0 Å². The van der Waals surface area contributed by atoms with Crippen molar-refractivity contribution in [3.05, 3.63) is 107 Å². The third-order valence-electron chi connectivity index (χ3n) is 20.0. The molecule has 4 aliphatic heterocycles. The molecule has 2 bridgehead atoms. The van der Waals surface area contributed by atoms with Gasteiger partial charge in [0.05, 0.1) is 55.3 Å². The Balaban J connectivity index is 1.13. The highest BCUT2D eigenvalue weighted by molar-refractivity contribution is 6.73. The van der Waals surface area contributed by atoms with Crippen LogP contribution in [0.1, 0.15) is 122 Å². The van der Waals surface area contributed by atoms with E-state index in [9.17, 15) is 14.7 Å². The number of carbonyl (C=O) groups is 6. The number of Topliss-reactive ketones (excluding diaryl/α,β-unsaturated/α-hetero) is 1. The third kappa shape index (κ3) is 10.7. The van der Waals surface area contributed by atoms with Gasteiger partial charge in [0.25, 0.3) is 0 Å². The Labute approximate surface area is 492 Å². The molecular weight excluding hydrogens is 1100 g/mol. The van der Waals surface area contributed by atoms with Crippen molar-refractivity contribution in [3.8, 4) is 0 Å². The molecule has 2 saturated carbocycles. The first-order valence-corrected chi connectivity index (χ1v) is 32.4. The maximum Gasteiger partial charge on any atom is 0.413 e. The summed E-state index contributed by atoms with van der Waals surface area (Å²) in [5.74, 6) is -4.62. The molecule has 1 unspecified atom stereocenters. The van der Waals surface area contributed by atoms with E-state index in [4.69, 9.17) is 46.7 Å². The Morgan fingerprint density at radius 3 is 2.07 bits per heavy atom. The van der Waals surface area contributed by atoms with Gasteiger partial charge in [0.15, 0.2) is 31.9 Å². The van der Waals surface area contributed by atoms with Crippen molar-refractivity contribution in [2.75, 3.05) is 46.0 Å². The number of esters is 3. The molecular formula is C63H83N3O17Si. The molecule has 11 atom stereocenters. The van der Waals surface area contributed by atoms with Gasteiger partial charge >= 0.3 is 30.1 Å². The van der Waals surface area contributed by atoms with Crippen LogP contribution < -0.4 is 0 Å². The number of benzene rings is 2. The number of piperidine rings is 1. The number of likely N-dealkylation sites (tertiary alicyclic amines) is 1. The summed E-state index contributed by atoms with van der Waals surface area (Å²) in [6, 6.07) is 20.0. The molecule has 2 aromatic carbocycles. The summed E-state index contributed by atoms with van der Waals surface area (Å²) in [7, 11) is -2.71. The van der Waals surface area contributed by atoms with Crippen molar-refractivity contribution in [3.63, 3.8) is 0 Å². The van der Waals surface area contributed by atoms with E-state index < -0.39 is 127 Å². The Bertz CT molecular complexity index is 2930. The molecule has 0 radical (unpaired) electrons. The van der Waals surface area contributed by atoms with Crippen LogP contribution in [0.2, 0.25) is 18.1 Å². The summed E-state index contributed by atoms with van der Waals surface area (Å²) in [4.78, 5) is 96.3. The maximum atomic E-state index is 17.2. The van der Waals surface area contributed by atoms with Crippen molar-refractivity contribution in [2.45, 2.75) is 185 Å². The molecule has 84 heavy (non-hydrogen) atoms. The molecule has 1 aromatic heterocycles. The molecule has 4 saturated heterocycles. The van der Waals surface area contributed by atoms with E-state index in [1.54, 1.807) is 82.8 Å². The summed E-state index contributed by atoms with van der Waals surface area (Å²) in [6.45, 7) is 20.6. The van der Waals surface area contributed by atoms with Crippen molar-refractivity contribution in [2.24, 2.45) is 16.7 Å². The van der Waals surface area contributed by atoms with Crippen LogP contribution in [0.3, 0.4) is 0 Å². The lowest BCUT2D eigenvalue weighted by molar-refractivity contribution is -0.344. The summed E-state index contributed by atoms with van der Waals surface area (Å²) >= 11 is 0. The van der Waals surface area contributed by atoms with Gasteiger partial charge < -0.3 is 56.7 Å². The van der Waals surface area contributed by atoms with Crippen LogP contribution in [0, 0.1) is 16.7 Å². The maximum absolute atomic E-state index is 17.2. The Hall–Kier alpha value is -5.94. The van der Waals surface area contributed by atoms with Crippen molar-refractivity contribution < 1.29 is 80.6 Å². The highest BCUT2D eigenvalue weighted by Crippen LogP contribution is 2.65. The van der Waals surface area contributed by atoms with Crippen LogP contribution in [0.25, 0.3) is 0 Å². The van der Waals surface area contributed by atoms with Gasteiger partial charge in [0, 0.05) is 63.0 Å². The van der Waals surface area contributed by atoms with E-state index >= 15 is 19.2 Å². The number of aliphatic hydroxyl groups is 1. The lowest BCUT2D eigenvalue weighted by Gasteiger charge is -2.68. The highest BCUT2D eigenvalue weighted by Gasteiger charge is 2.79. The van der Waals surface area contributed by atoms with E-state index in [1.165, 1.54) is 24.3 Å².